The number of carbonyl (C=O) groups is 2. The molecule has 8 nitrogen and oxygen atoms in total. The van der Waals surface area contributed by atoms with Gasteiger partial charge in [-0.05, 0) is 47.4 Å². The number of rotatable bonds is 10. The van der Waals surface area contributed by atoms with Crippen LogP contribution in [0.5, 0.6) is 5.75 Å². The van der Waals surface area contributed by atoms with Crippen molar-refractivity contribution in [1.82, 2.24) is 9.62 Å². The quantitative estimate of drug-likeness (QED) is 0.368. The minimum atomic E-state index is -4.04. The molecule has 1 N–H and O–H groups in total. The van der Waals surface area contributed by atoms with Crippen molar-refractivity contribution in [3.05, 3.63) is 101 Å². The Morgan fingerprint density at radius 3 is 2.15 bits per heavy atom. The van der Waals surface area contributed by atoms with E-state index in [0.29, 0.717) is 28.9 Å². The summed E-state index contributed by atoms with van der Waals surface area (Å²) < 4.78 is 53.0. The molecule has 1 aliphatic rings. The van der Waals surface area contributed by atoms with Crippen LogP contribution in [0.3, 0.4) is 0 Å². The molecule has 1 amide bonds. The molecule has 0 aromatic heterocycles. The molecule has 3 aromatic rings. The van der Waals surface area contributed by atoms with Crippen LogP contribution < -0.4 is 10.1 Å². The van der Waals surface area contributed by atoms with Crippen molar-refractivity contribution in [3.8, 4) is 5.75 Å². The minimum absolute atomic E-state index is 0.0505. The Morgan fingerprint density at radius 2 is 1.57 bits per heavy atom. The number of hydrogen-bond acceptors (Lipinski definition) is 6. The standard InChI is InChI=1S/C30H33FN2O6S/c1-4-18-40(36,37)33-27(22-12-16-24(38-2)17-13-22)26(30(35)39-3)25(21-8-6-5-7-9-21)28(33)29(34)32-19-20-10-14-23(31)15-11-20/h5-17,25-28H,4,18-19H2,1-3H3,(H,32,34). The maximum Gasteiger partial charge on any atom is 0.311 e. The lowest BCUT2D eigenvalue weighted by molar-refractivity contribution is -0.146. The number of nitrogens with one attached hydrogen (secondary N) is 1. The molecular weight excluding hydrogens is 535 g/mol. The fraction of sp³-hybridized carbons (Fsp3) is 0.333. The smallest absolute Gasteiger partial charge is 0.311 e. The average molecular weight is 569 g/mol. The molecule has 212 valence electrons. The van der Waals surface area contributed by atoms with Crippen LogP contribution in [0.25, 0.3) is 0 Å². The first-order chi connectivity index (χ1) is 19.2. The van der Waals surface area contributed by atoms with Crippen LogP contribution in [0.15, 0.2) is 78.9 Å². The topological polar surface area (TPSA) is 102 Å². The number of methoxy groups -OCH3 is 2. The van der Waals surface area contributed by atoms with Crippen LogP contribution >= 0.6 is 0 Å². The Labute approximate surface area is 234 Å². The van der Waals surface area contributed by atoms with E-state index in [-0.39, 0.29) is 12.3 Å². The van der Waals surface area contributed by atoms with Crippen LogP contribution in [0, 0.1) is 11.7 Å². The van der Waals surface area contributed by atoms with Gasteiger partial charge >= 0.3 is 5.97 Å². The Kier molecular flexibility index (Phi) is 9.21. The van der Waals surface area contributed by atoms with Gasteiger partial charge in [-0.3, -0.25) is 9.59 Å². The SMILES string of the molecule is CCCS(=O)(=O)N1C(C(=O)NCc2ccc(F)cc2)C(c2ccccc2)C(C(=O)OC)C1c1ccc(OC)cc1. The zero-order valence-corrected chi connectivity index (χ0v) is 23.4. The van der Waals surface area contributed by atoms with Gasteiger partial charge in [-0.2, -0.15) is 4.31 Å². The van der Waals surface area contributed by atoms with Gasteiger partial charge in [0.2, 0.25) is 15.9 Å². The molecule has 4 unspecified atom stereocenters. The van der Waals surface area contributed by atoms with Crippen LogP contribution in [0.2, 0.25) is 0 Å². The number of sulfonamides is 1. The average Bonchev–Trinajstić information content (AvgIpc) is 3.34. The first kappa shape index (κ1) is 29.2. The predicted molar refractivity (Wildman–Crippen MR) is 148 cm³/mol. The third kappa shape index (κ3) is 6.03. The van der Waals surface area contributed by atoms with Gasteiger partial charge in [0.15, 0.2) is 0 Å². The summed E-state index contributed by atoms with van der Waals surface area (Å²) >= 11 is 0. The number of amides is 1. The van der Waals surface area contributed by atoms with Crippen molar-refractivity contribution < 1.29 is 31.9 Å². The number of halogens is 1. The summed E-state index contributed by atoms with van der Waals surface area (Å²) in [6.07, 6.45) is 0.316. The molecule has 1 fully saturated rings. The Bertz CT molecular complexity index is 1410. The molecule has 0 saturated carbocycles. The second kappa shape index (κ2) is 12.6. The molecule has 1 heterocycles. The van der Waals surface area contributed by atoms with Crippen molar-refractivity contribution in [1.29, 1.82) is 0 Å². The molecule has 0 bridgehead atoms. The van der Waals surface area contributed by atoms with Gasteiger partial charge in [0.1, 0.15) is 17.6 Å². The first-order valence-electron chi connectivity index (χ1n) is 13.0. The monoisotopic (exact) mass is 568 g/mol. The summed E-state index contributed by atoms with van der Waals surface area (Å²) in [4.78, 5) is 27.5. The molecule has 0 spiro atoms. The molecular formula is C30H33FN2O6S. The van der Waals surface area contributed by atoms with Crippen molar-refractivity contribution >= 4 is 21.9 Å². The highest BCUT2D eigenvalue weighted by Crippen LogP contribution is 2.52. The van der Waals surface area contributed by atoms with Gasteiger partial charge in [-0.15, -0.1) is 0 Å². The number of ether oxygens (including phenoxy) is 2. The van der Waals surface area contributed by atoms with E-state index in [9.17, 15) is 22.4 Å². The largest absolute Gasteiger partial charge is 0.497 e. The molecule has 10 heteroatoms. The Morgan fingerprint density at radius 1 is 0.925 bits per heavy atom. The summed E-state index contributed by atoms with van der Waals surface area (Å²) in [6.45, 7) is 1.79. The Hall–Kier alpha value is -3.76. The molecule has 4 rings (SSSR count). The van der Waals surface area contributed by atoms with Crippen LogP contribution in [0.1, 0.15) is 42.0 Å². The summed E-state index contributed by atoms with van der Waals surface area (Å²) in [7, 11) is -1.26. The van der Waals surface area contributed by atoms with E-state index in [1.54, 1.807) is 67.6 Å². The first-order valence-corrected chi connectivity index (χ1v) is 14.6. The maximum atomic E-state index is 14.0. The fourth-order valence-electron chi connectivity index (χ4n) is 5.40. The van der Waals surface area contributed by atoms with E-state index in [0.717, 1.165) is 0 Å². The summed E-state index contributed by atoms with van der Waals surface area (Å²) in [5.41, 5.74) is 1.81. The summed E-state index contributed by atoms with van der Waals surface area (Å²) in [6, 6.07) is 19.1. The number of benzene rings is 3. The van der Waals surface area contributed by atoms with Gasteiger partial charge < -0.3 is 14.8 Å². The second-order valence-corrected chi connectivity index (χ2v) is 11.6. The van der Waals surface area contributed by atoms with Gasteiger partial charge in [0, 0.05) is 12.5 Å². The highest BCUT2D eigenvalue weighted by molar-refractivity contribution is 7.89. The number of nitrogens with zero attached hydrogens (tertiary/aromatic N) is 1. The van der Waals surface area contributed by atoms with Crippen molar-refractivity contribution in [2.45, 2.75) is 37.9 Å². The van der Waals surface area contributed by atoms with Gasteiger partial charge in [-0.1, -0.05) is 61.5 Å². The second-order valence-electron chi connectivity index (χ2n) is 9.64. The third-order valence-corrected chi connectivity index (χ3v) is 9.18. The number of esters is 1. The Balaban J connectivity index is 1.89. The van der Waals surface area contributed by atoms with Crippen molar-refractivity contribution in [2.24, 2.45) is 5.92 Å². The fourth-order valence-corrected chi connectivity index (χ4v) is 7.30. The lowest BCUT2D eigenvalue weighted by Crippen LogP contribution is -2.49. The van der Waals surface area contributed by atoms with E-state index >= 15 is 0 Å². The maximum absolute atomic E-state index is 14.0. The molecule has 1 aliphatic heterocycles. The van der Waals surface area contributed by atoms with E-state index in [1.165, 1.54) is 30.7 Å². The van der Waals surface area contributed by atoms with Crippen LogP contribution in [-0.2, 0) is 30.9 Å². The van der Waals surface area contributed by atoms with E-state index in [2.05, 4.69) is 5.32 Å². The van der Waals surface area contributed by atoms with Gasteiger partial charge in [0.05, 0.1) is 31.9 Å². The number of carbonyl (C=O) groups excluding carboxylic acids is 2. The molecule has 40 heavy (non-hydrogen) atoms. The zero-order valence-electron chi connectivity index (χ0n) is 22.6. The van der Waals surface area contributed by atoms with Crippen LogP contribution in [0.4, 0.5) is 4.39 Å². The molecule has 1 saturated heterocycles. The van der Waals surface area contributed by atoms with E-state index in [1.807, 2.05) is 6.07 Å². The highest BCUT2D eigenvalue weighted by Gasteiger charge is 2.59. The van der Waals surface area contributed by atoms with Gasteiger partial charge in [0.25, 0.3) is 0 Å². The molecule has 3 aromatic carbocycles. The normalized spacial score (nSPS) is 21.1. The lowest BCUT2D eigenvalue weighted by Gasteiger charge is -2.30. The number of hydrogen-bond donors (Lipinski definition) is 1. The third-order valence-electron chi connectivity index (χ3n) is 7.16. The molecule has 0 aliphatic carbocycles. The molecule has 0 radical (unpaired) electrons. The van der Waals surface area contributed by atoms with E-state index in [4.69, 9.17) is 9.47 Å². The van der Waals surface area contributed by atoms with Gasteiger partial charge in [-0.25, -0.2) is 12.8 Å². The van der Waals surface area contributed by atoms with E-state index < -0.39 is 51.6 Å². The summed E-state index contributed by atoms with van der Waals surface area (Å²) in [5, 5.41) is 2.83. The van der Waals surface area contributed by atoms with Crippen molar-refractivity contribution in [3.63, 3.8) is 0 Å². The van der Waals surface area contributed by atoms with Crippen molar-refractivity contribution in [2.75, 3.05) is 20.0 Å². The van der Waals surface area contributed by atoms with Crippen LogP contribution in [-0.4, -0.2) is 50.6 Å². The predicted octanol–water partition coefficient (Wildman–Crippen LogP) is 4.19. The molecule has 4 atom stereocenters. The zero-order chi connectivity index (χ0) is 28.9. The highest BCUT2D eigenvalue weighted by atomic mass is 32.2. The lowest BCUT2D eigenvalue weighted by atomic mass is 9.79. The summed E-state index contributed by atoms with van der Waals surface area (Å²) in [5.74, 6) is -3.11. The minimum Gasteiger partial charge on any atom is -0.497 e.